The third-order valence-corrected chi connectivity index (χ3v) is 4.26. The van der Waals surface area contributed by atoms with Crippen molar-refractivity contribution in [3.63, 3.8) is 0 Å². The number of nitrogens with zero attached hydrogens (tertiary/aromatic N) is 3. The van der Waals surface area contributed by atoms with Gasteiger partial charge in [-0.2, -0.15) is 0 Å². The SMILES string of the molecule is CC(C)NC(=O)Oc1ccc2c(N(C)CCN3CCOCC3)noc2c1. The van der Waals surface area contributed by atoms with E-state index in [4.69, 9.17) is 14.0 Å². The van der Waals surface area contributed by atoms with Crippen molar-refractivity contribution in [1.29, 1.82) is 0 Å². The molecule has 3 rings (SSSR count). The Morgan fingerprint density at radius 1 is 1.38 bits per heavy atom. The van der Waals surface area contributed by atoms with Crippen LogP contribution in [0, 0.1) is 0 Å². The average molecular weight is 362 g/mol. The summed E-state index contributed by atoms with van der Waals surface area (Å²) in [7, 11) is 2.00. The van der Waals surface area contributed by atoms with Crippen molar-refractivity contribution in [2.75, 3.05) is 51.3 Å². The highest BCUT2D eigenvalue weighted by molar-refractivity contribution is 5.89. The largest absolute Gasteiger partial charge is 0.412 e. The van der Waals surface area contributed by atoms with Gasteiger partial charge in [-0.25, -0.2) is 4.79 Å². The number of likely N-dealkylation sites (N-methyl/N-ethyl adjacent to an activating group) is 1. The number of morpholine rings is 1. The van der Waals surface area contributed by atoms with E-state index in [0.717, 1.165) is 50.6 Å². The Morgan fingerprint density at radius 3 is 2.88 bits per heavy atom. The topological polar surface area (TPSA) is 80.1 Å². The summed E-state index contributed by atoms with van der Waals surface area (Å²) < 4.78 is 16.1. The van der Waals surface area contributed by atoms with Crippen molar-refractivity contribution < 1.29 is 18.8 Å². The number of fused-ring (bicyclic) bond motifs is 1. The first-order valence-corrected chi connectivity index (χ1v) is 8.92. The molecule has 0 saturated carbocycles. The highest BCUT2D eigenvalue weighted by Crippen LogP contribution is 2.28. The Kier molecular flexibility index (Phi) is 5.95. The molecule has 1 aliphatic rings. The zero-order valence-corrected chi connectivity index (χ0v) is 15.5. The lowest BCUT2D eigenvalue weighted by molar-refractivity contribution is 0.0392. The molecule has 1 aliphatic heterocycles. The first kappa shape index (κ1) is 18.5. The van der Waals surface area contributed by atoms with Crippen LogP contribution in [0.4, 0.5) is 10.6 Å². The maximum atomic E-state index is 11.7. The smallest absolute Gasteiger partial charge is 0.410 e. The predicted octanol–water partition coefficient (Wildman–Crippen LogP) is 2.09. The van der Waals surface area contributed by atoms with Gasteiger partial charge in [-0.15, -0.1) is 0 Å². The van der Waals surface area contributed by atoms with Gasteiger partial charge < -0.3 is 24.2 Å². The minimum absolute atomic E-state index is 0.0169. The lowest BCUT2D eigenvalue weighted by Gasteiger charge is -2.28. The van der Waals surface area contributed by atoms with Gasteiger partial charge in [0.15, 0.2) is 11.4 Å². The molecule has 0 aliphatic carbocycles. The van der Waals surface area contributed by atoms with E-state index in [2.05, 4.69) is 20.3 Å². The van der Waals surface area contributed by atoms with Gasteiger partial charge >= 0.3 is 6.09 Å². The van der Waals surface area contributed by atoms with Gasteiger partial charge in [-0.05, 0) is 26.0 Å². The van der Waals surface area contributed by atoms with Crippen LogP contribution in [-0.4, -0.2) is 68.6 Å². The lowest BCUT2D eigenvalue weighted by Crippen LogP contribution is -2.40. The predicted molar refractivity (Wildman–Crippen MR) is 98.8 cm³/mol. The lowest BCUT2D eigenvalue weighted by atomic mass is 10.2. The van der Waals surface area contributed by atoms with E-state index < -0.39 is 6.09 Å². The highest BCUT2D eigenvalue weighted by atomic mass is 16.6. The van der Waals surface area contributed by atoms with Gasteiger partial charge in [-0.3, -0.25) is 4.90 Å². The summed E-state index contributed by atoms with van der Waals surface area (Å²) in [5.74, 6) is 1.21. The van der Waals surface area contributed by atoms with Crippen LogP contribution >= 0.6 is 0 Å². The van der Waals surface area contributed by atoms with Crippen LogP contribution < -0.4 is 15.0 Å². The number of ether oxygens (including phenoxy) is 2. The van der Waals surface area contributed by atoms with Crippen molar-refractivity contribution in [1.82, 2.24) is 15.4 Å². The molecule has 2 heterocycles. The zero-order chi connectivity index (χ0) is 18.5. The zero-order valence-electron chi connectivity index (χ0n) is 15.5. The van der Waals surface area contributed by atoms with E-state index in [1.54, 1.807) is 12.1 Å². The molecule has 1 amide bonds. The molecular weight excluding hydrogens is 336 g/mol. The quantitative estimate of drug-likeness (QED) is 0.843. The molecule has 8 nitrogen and oxygen atoms in total. The second-order valence-electron chi connectivity index (χ2n) is 6.73. The summed E-state index contributed by atoms with van der Waals surface area (Å²) in [4.78, 5) is 16.2. The van der Waals surface area contributed by atoms with Crippen LogP contribution in [0.1, 0.15) is 13.8 Å². The van der Waals surface area contributed by atoms with Crippen LogP contribution in [0.5, 0.6) is 5.75 Å². The molecule has 1 aromatic heterocycles. The Hall–Kier alpha value is -2.32. The van der Waals surface area contributed by atoms with Crippen LogP contribution in [-0.2, 0) is 4.74 Å². The number of carbonyl (C=O) groups excluding carboxylic acids is 1. The van der Waals surface area contributed by atoms with Crippen LogP contribution in [0.15, 0.2) is 22.7 Å². The van der Waals surface area contributed by atoms with Crippen molar-refractivity contribution >= 4 is 22.9 Å². The number of rotatable bonds is 6. The minimum Gasteiger partial charge on any atom is -0.410 e. The summed E-state index contributed by atoms with van der Waals surface area (Å²) >= 11 is 0. The molecule has 0 radical (unpaired) electrons. The van der Waals surface area contributed by atoms with Crippen molar-refractivity contribution in [3.8, 4) is 5.75 Å². The van der Waals surface area contributed by atoms with E-state index in [9.17, 15) is 4.79 Å². The maximum absolute atomic E-state index is 11.7. The number of anilines is 1. The Morgan fingerprint density at radius 2 is 2.15 bits per heavy atom. The van der Waals surface area contributed by atoms with Crippen molar-refractivity contribution in [2.45, 2.75) is 19.9 Å². The van der Waals surface area contributed by atoms with Crippen LogP contribution in [0.3, 0.4) is 0 Å². The molecule has 1 fully saturated rings. The Bertz CT molecular complexity index is 740. The number of hydrogen-bond acceptors (Lipinski definition) is 7. The molecule has 1 N–H and O–H groups in total. The molecule has 8 heteroatoms. The van der Waals surface area contributed by atoms with E-state index in [-0.39, 0.29) is 6.04 Å². The third kappa shape index (κ3) is 4.64. The average Bonchev–Trinajstić information content (AvgIpc) is 3.03. The molecule has 26 heavy (non-hydrogen) atoms. The van der Waals surface area contributed by atoms with Crippen LogP contribution in [0.25, 0.3) is 11.0 Å². The van der Waals surface area contributed by atoms with Crippen molar-refractivity contribution in [3.05, 3.63) is 18.2 Å². The van der Waals surface area contributed by atoms with E-state index in [1.165, 1.54) is 0 Å². The molecule has 1 saturated heterocycles. The van der Waals surface area contributed by atoms with Gasteiger partial charge in [-0.1, -0.05) is 5.16 Å². The third-order valence-electron chi connectivity index (χ3n) is 4.26. The first-order valence-electron chi connectivity index (χ1n) is 8.92. The number of benzene rings is 1. The van der Waals surface area contributed by atoms with Crippen LogP contribution in [0.2, 0.25) is 0 Å². The molecular formula is C18H26N4O4. The summed E-state index contributed by atoms with van der Waals surface area (Å²) in [6.07, 6.45) is -0.485. The monoisotopic (exact) mass is 362 g/mol. The number of carbonyl (C=O) groups is 1. The van der Waals surface area contributed by atoms with E-state index >= 15 is 0 Å². The summed E-state index contributed by atoms with van der Waals surface area (Å²) in [5, 5.41) is 7.76. The second kappa shape index (κ2) is 8.37. The second-order valence-corrected chi connectivity index (χ2v) is 6.73. The molecule has 142 valence electrons. The van der Waals surface area contributed by atoms with Gasteiger partial charge in [0.1, 0.15) is 5.75 Å². The molecule has 1 aromatic carbocycles. The fourth-order valence-electron chi connectivity index (χ4n) is 2.84. The molecule has 0 unspecified atom stereocenters. The van der Waals surface area contributed by atoms with Gasteiger partial charge in [0.2, 0.25) is 0 Å². The Labute approximate surface area is 153 Å². The Balaban J connectivity index is 1.63. The number of aromatic nitrogens is 1. The molecule has 0 bridgehead atoms. The van der Waals surface area contributed by atoms with Gasteiger partial charge in [0.25, 0.3) is 0 Å². The minimum atomic E-state index is -0.485. The van der Waals surface area contributed by atoms with E-state index in [0.29, 0.717) is 11.3 Å². The van der Waals surface area contributed by atoms with Crippen molar-refractivity contribution in [2.24, 2.45) is 0 Å². The fourth-order valence-corrected chi connectivity index (χ4v) is 2.84. The summed E-state index contributed by atoms with van der Waals surface area (Å²) in [5.41, 5.74) is 0.591. The molecule has 0 atom stereocenters. The van der Waals surface area contributed by atoms with Gasteiger partial charge in [0, 0.05) is 45.3 Å². The number of hydrogen-bond donors (Lipinski definition) is 1. The summed E-state index contributed by atoms with van der Waals surface area (Å²) in [6, 6.07) is 5.31. The first-order chi connectivity index (χ1) is 12.5. The summed E-state index contributed by atoms with van der Waals surface area (Å²) in [6.45, 7) is 9.06. The number of amides is 1. The highest BCUT2D eigenvalue weighted by Gasteiger charge is 2.16. The normalized spacial score (nSPS) is 15.4. The van der Waals surface area contributed by atoms with E-state index in [1.807, 2.05) is 27.0 Å². The standard InChI is InChI=1S/C18H26N4O4/c1-13(2)19-18(23)25-14-4-5-15-16(12-14)26-20-17(15)21(3)6-7-22-8-10-24-11-9-22/h4-5,12-13H,6-11H2,1-3H3,(H,19,23). The fraction of sp³-hybridized carbons (Fsp3) is 0.556. The number of nitrogens with one attached hydrogen (secondary N) is 1. The maximum Gasteiger partial charge on any atom is 0.412 e. The molecule has 0 spiro atoms. The molecule has 2 aromatic rings. The van der Waals surface area contributed by atoms with Gasteiger partial charge in [0.05, 0.1) is 18.6 Å².